The van der Waals surface area contributed by atoms with E-state index in [1.807, 2.05) is 38.1 Å². The normalized spacial score (nSPS) is 18.6. The van der Waals surface area contributed by atoms with Crippen molar-refractivity contribution in [2.75, 3.05) is 53.4 Å². The minimum atomic E-state index is -0.533. The average molecular weight is 348 g/mol. The van der Waals surface area contributed by atoms with Gasteiger partial charge in [-0.05, 0) is 26.5 Å². The first-order chi connectivity index (χ1) is 11.8. The number of hydrogen-bond acceptors (Lipinski definition) is 4. The second-order valence-electron chi connectivity index (χ2n) is 7.22. The molecule has 25 heavy (non-hydrogen) atoms. The first-order valence-electron chi connectivity index (χ1n) is 9.02. The molecule has 1 aromatic rings. The monoisotopic (exact) mass is 348 g/mol. The molecule has 0 radical (unpaired) electrons. The number of urea groups is 1. The Kier molecular flexibility index (Phi) is 7.23. The van der Waals surface area contributed by atoms with Gasteiger partial charge in [-0.15, -0.1) is 0 Å². The SMILES string of the molecule is Cc1ccc(C(C)NC(=O)N(C)CC(O)CN2CCN(C)CC2)cc1. The lowest BCUT2D eigenvalue weighted by atomic mass is 10.1. The third-order valence-corrected chi connectivity index (χ3v) is 4.81. The third kappa shape index (κ3) is 6.30. The number of rotatable bonds is 6. The summed E-state index contributed by atoms with van der Waals surface area (Å²) in [5.41, 5.74) is 2.27. The number of likely N-dealkylation sites (N-methyl/N-ethyl adjacent to an activating group) is 2. The lowest BCUT2D eigenvalue weighted by Gasteiger charge is -2.34. The predicted octanol–water partition coefficient (Wildman–Crippen LogP) is 1.31. The van der Waals surface area contributed by atoms with Crippen LogP contribution >= 0.6 is 0 Å². The molecule has 1 heterocycles. The Hall–Kier alpha value is -1.63. The lowest BCUT2D eigenvalue weighted by molar-refractivity contribution is 0.0656. The maximum absolute atomic E-state index is 12.3. The molecule has 6 heteroatoms. The van der Waals surface area contributed by atoms with E-state index in [9.17, 15) is 9.90 Å². The van der Waals surface area contributed by atoms with Crippen LogP contribution in [0.3, 0.4) is 0 Å². The van der Waals surface area contributed by atoms with Crippen LogP contribution < -0.4 is 5.32 Å². The molecule has 1 aliphatic rings. The lowest BCUT2D eigenvalue weighted by Crippen LogP contribution is -2.49. The highest BCUT2D eigenvalue weighted by Crippen LogP contribution is 2.13. The number of aliphatic hydroxyl groups is 1. The molecule has 6 nitrogen and oxygen atoms in total. The van der Waals surface area contributed by atoms with Crippen LogP contribution in [-0.4, -0.2) is 85.3 Å². The van der Waals surface area contributed by atoms with E-state index in [1.54, 1.807) is 11.9 Å². The molecular weight excluding hydrogens is 316 g/mol. The molecule has 1 aliphatic heterocycles. The molecule has 2 N–H and O–H groups in total. The highest BCUT2D eigenvalue weighted by Gasteiger charge is 2.20. The Labute approximate surface area is 151 Å². The first kappa shape index (κ1) is 19.7. The van der Waals surface area contributed by atoms with Gasteiger partial charge in [0.1, 0.15) is 0 Å². The van der Waals surface area contributed by atoms with Crippen LogP contribution in [0.2, 0.25) is 0 Å². The minimum absolute atomic E-state index is 0.0645. The molecule has 0 saturated carbocycles. The number of amides is 2. The predicted molar refractivity (Wildman–Crippen MR) is 101 cm³/mol. The van der Waals surface area contributed by atoms with E-state index < -0.39 is 6.10 Å². The van der Waals surface area contributed by atoms with Crippen LogP contribution in [0, 0.1) is 6.92 Å². The van der Waals surface area contributed by atoms with Crippen molar-refractivity contribution >= 4 is 6.03 Å². The quantitative estimate of drug-likeness (QED) is 0.814. The summed E-state index contributed by atoms with van der Waals surface area (Å²) < 4.78 is 0. The zero-order valence-corrected chi connectivity index (χ0v) is 15.9. The summed E-state index contributed by atoms with van der Waals surface area (Å²) in [6, 6.07) is 7.92. The molecule has 0 aromatic heterocycles. The average Bonchev–Trinajstić information content (AvgIpc) is 2.57. The second kappa shape index (κ2) is 9.17. The maximum Gasteiger partial charge on any atom is 0.317 e. The Morgan fingerprint density at radius 1 is 1.24 bits per heavy atom. The number of nitrogens with one attached hydrogen (secondary N) is 1. The summed E-state index contributed by atoms with van der Waals surface area (Å²) in [4.78, 5) is 18.5. The highest BCUT2D eigenvalue weighted by molar-refractivity contribution is 5.74. The number of hydrogen-bond donors (Lipinski definition) is 2. The van der Waals surface area contributed by atoms with Crippen LogP contribution in [0.5, 0.6) is 0 Å². The number of nitrogens with zero attached hydrogens (tertiary/aromatic N) is 3. The number of benzene rings is 1. The first-order valence-corrected chi connectivity index (χ1v) is 9.02. The molecule has 2 atom stereocenters. The summed E-state index contributed by atoms with van der Waals surface area (Å²) in [6.45, 7) is 8.94. The number of aliphatic hydroxyl groups excluding tert-OH is 1. The Bertz CT molecular complexity index is 541. The largest absolute Gasteiger partial charge is 0.390 e. The molecule has 140 valence electrons. The van der Waals surface area contributed by atoms with Gasteiger partial charge in [0.05, 0.1) is 12.1 Å². The Balaban J connectivity index is 1.76. The summed E-state index contributed by atoms with van der Waals surface area (Å²) in [5.74, 6) is 0. The Morgan fingerprint density at radius 3 is 2.44 bits per heavy atom. The van der Waals surface area contributed by atoms with E-state index in [0.29, 0.717) is 13.1 Å². The number of piperazine rings is 1. The van der Waals surface area contributed by atoms with Crippen molar-refractivity contribution in [3.63, 3.8) is 0 Å². The van der Waals surface area contributed by atoms with Gasteiger partial charge in [-0.2, -0.15) is 0 Å². The number of carbonyl (C=O) groups is 1. The fourth-order valence-corrected chi connectivity index (χ4v) is 3.02. The molecule has 1 saturated heterocycles. The number of β-amino-alcohol motifs (C(OH)–C–C–N with tert-alkyl or cyclic N) is 1. The molecule has 0 bridgehead atoms. The van der Waals surface area contributed by atoms with Gasteiger partial charge in [-0.25, -0.2) is 4.79 Å². The second-order valence-corrected chi connectivity index (χ2v) is 7.22. The van der Waals surface area contributed by atoms with E-state index >= 15 is 0 Å². The van der Waals surface area contributed by atoms with Crippen LogP contribution in [0.1, 0.15) is 24.1 Å². The fourth-order valence-electron chi connectivity index (χ4n) is 3.02. The van der Waals surface area contributed by atoms with Gasteiger partial charge in [0, 0.05) is 46.3 Å². The summed E-state index contributed by atoms with van der Waals surface area (Å²) >= 11 is 0. The van der Waals surface area contributed by atoms with Gasteiger partial charge in [-0.3, -0.25) is 4.90 Å². The van der Waals surface area contributed by atoms with Crippen LogP contribution in [-0.2, 0) is 0 Å². The molecule has 1 aromatic carbocycles. The fraction of sp³-hybridized carbons (Fsp3) is 0.632. The van der Waals surface area contributed by atoms with Crippen molar-refractivity contribution in [2.45, 2.75) is 26.0 Å². The van der Waals surface area contributed by atoms with Gasteiger partial charge < -0.3 is 20.2 Å². The van der Waals surface area contributed by atoms with E-state index in [4.69, 9.17) is 0 Å². The highest BCUT2D eigenvalue weighted by atomic mass is 16.3. The standard InChI is InChI=1S/C19H32N4O2/c1-15-5-7-17(8-6-15)16(2)20-19(25)22(4)13-18(24)14-23-11-9-21(3)10-12-23/h5-8,16,18,24H,9-14H2,1-4H3,(H,20,25). The minimum Gasteiger partial charge on any atom is -0.390 e. The summed E-state index contributed by atoms with van der Waals surface area (Å²) in [6.07, 6.45) is -0.533. The van der Waals surface area contributed by atoms with E-state index in [1.165, 1.54) is 5.56 Å². The van der Waals surface area contributed by atoms with Crippen LogP contribution in [0.25, 0.3) is 0 Å². The maximum atomic E-state index is 12.3. The van der Waals surface area contributed by atoms with Crippen molar-refractivity contribution in [2.24, 2.45) is 0 Å². The number of aryl methyl sites for hydroxylation is 1. The van der Waals surface area contributed by atoms with E-state index in [0.717, 1.165) is 31.7 Å². The summed E-state index contributed by atoms with van der Waals surface area (Å²) in [7, 11) is 3.84. The molecule has 2 amide bonds. The van der Waals surface area contributed by atoms with Crippen LogP contribution in [0.4, 0.5) is 4.79 Å². The molecule has 0 aliphatic carbocycles. The smallest absolute Gasteiger partial charge is 0.317 e. The molecule has 2 rings (SSSR count). The van der Waals surface area contributed by atoms with Crippen molar-refractivity contribution in [1.82, 2.24) is 20.0 Å². The van der Waals surface area contributed by atoms with Gasteiger partial charge in [0.15, 0.2) is 0 Å². The molecular formula is C19H32N4O2. The van der Waals surface area contributed by atoms with Crippen molar-refractivity contribution in [3.05, 3.63) is 35.4 Å². The number of carbonyl (C=O) groups excluding carboxylic acids is 1. The van der Waals surface area contributed by atoms with Gasteiger partial charge in [0.25, 0.3) is 0 Å². The zero-order valence-electron chi connectivity index (χ0n) is 15.9. The zero-order chi connectivity index (χ0) is 18.4. The van der Waals surface area contributed by atoms with Crippen LogP contribution in [0.15, 0.2) is 24.3 Å². The van der Waals surface area contributed by atoms with Crippen molar-refractivity contribution < 1.29 is 9.90 Å². The van der Waals surface area contributed by atoms with Crippen molar-refractivity contribution in [1.29, 1.82) is 0 Å². The van der Waals surface area contributed by atoms with Crippen molar-refractivity contribution in [3.8, 4) is 0 Å². The third-order valence-electron chi connectivity index (χ3n) is 4.81. The van der Waals surface area contributed by atoms with Gasteiger partial charge in [-0.1, -0.05) is 29.8 Å². The molecule has 1 fully saturated rings. The molecule has 2 unspecified atom stereocenters. The van der Waals surface area contributed by atoms with E-state index in [2.05, 4.69) is 22.2 Å². The molecule has 0 spiro atoms. The van der Waals surface area contributed by atoms with E-state index in [-0.39, 0.29) is 12.1 Å². The Morgan fingerprint density at radius 2 is 1.84 bits per heavy atom. The summed E-state index contributed by atoms with van der Waals surface area (Å²) in [5, 5.41) is 13.3. The van der Waals surface area contributed by atoms with Gasteiger partial charge >= 0.3 is 6.03 Å². The topological polar surface area (TPSA) is 59.1 Å². The van der Waals surface area contributed by atoms with Gasteiger partial charge in [0.2, 0.25) is 0 Å².